The van der Waals surface area contributed by atoms with Gasteiger partial charge in [0.05, 0.1) is 0 Å². The average molecular weight is 443 g/mol. The van der Waals surface area contributed by atoms with E-state index in [1.165, 1.54) is 13.8 Å². The number of carboxylic acids is 2. The molecule has 11 heteroatoms. The third-order valence-electron chi connectivity index (χ3n) is 2.18. The molecule has 0 amide bonds. The van der Waals surface area contributed by atoms with Crippen molar-refractivity contribution in [2.45, 2.75) is 39.5 Å². The van der Waals surface area contributed by atoms with E-state index < -0.39 is 23.9 Å². The van der Waals surface area contributed by atoms with Crippen molar-refractivity contribution < 1.29 is 38.9 Å². The normalized spacial score (nSPS) is 8.67. The van der Waals surface area contributed by atoms with Crippen LogP contribution in [0.25, 0.3) is 0 Å². The zero-order chi connectivity index (χ0) is 20.9. The van der Waals surface area contributed by atoms with Crippen LogP contribution < -0.4 is 10.2 Å². The number of rotatable bonds is 8. The molecule has 0 saturated carbocycles. The first-order valence-corrected chi connectivity index (χ1v) is 7.89. The zero-order valence-electron chi connectivity index (χ0n) is 15.0. The number of carboxylic acid groups (broad SMARTS) is 2. The van der Waals surface area contributed by atoms with Gasteiger partial charge >= 0.3 is 49.7 Å². The molecule has 0 fully saturated rings. The van der Waals surface area contributed by atoms with Gasteiger partial charge in [0, 0.05) is 35.9 Å². The largest absolute Gasteiger partial charge is 2.00 e. The van der Waals surface area contributed by atoms with Crippen LogP contribution in [0.15, 0.2) is 24.3 Å². The van der Waals surface area contributed by atoms with Gasteiger partial charge in [0.15, 0.2) is 10.1 Å². The molecule has 0 rings (SSSR count). The number of ether oxygens (including phenoxy) is 2. The molecular weight excluding hydrogens is 424 g/mol. The number of carbonyl (C=O) groups is 4. The number of hydrogen-bond donors (Lipinski definition) is 0. The molecule has 0 aromatic carbocycles. The van der Waals surface area contributed by atoms with E-state index in [1.54, 1.807) is 0 Å². The Morgan fingerprint density at radius 1 is 0.741 bits per heavy atom. The minimum atomic E-state index is -1.23. The minimum absolute atomic E-state index is 0. The molecule has 144 valence electrons. The summed E-state index contributed by atoms with van der Waals surface area (Å²) >= 11 is 9.19. The quantitative estimate of drug-likeness (QED) is 0.210. The first-order valence-electron chi connectivity index (χ1n) is 7.07. The molecule has 0 aliphatic heterocycles. The second-order valence-electron chi connectivity index (χ2n) is 4.83. The van der Waals surface area contributed by atoms with Crippen LogP contribution in [0.5, 0.6) is 0 Å². The van der Waals surface area contributed by atoms with E-state index in [-0.39, 0.29) is 84.7 Å². The van der Waals surface area contributed by atoms with Gasteiger partial charge in [-0.2, -0.15) is 0 Å². The maximum Gasteiger partial charge on any atom is 2.00 e. The van der Waals surface area contributed by atoms with Gasteiger partial charge in [-0.05, 0) is 51.1 Å². The molecule has 8 nitrogen and oxygen atoms in total. The maximum atomic E-state index is 10.8. The molecule has 0 radical (unpaired) electrons. The minimum Gasteiger partial charge on any atom is -0.550 e. The molecule has 0 aliphatic rings. The first kappa shape index (κ1) is 30.5. The molecule has 0 heterocycles. The number of hydrogen-bond acceptors (Lipinski definition) is 10. The topological polar surface area (TPSA) is 133 Å². The Balaban J connectivity index is -0.000000411. The van der Waals surface area contributed by atoms with E-state index in [2.05, 4.69) is 47.1 Å². The first-order chi connectivity index (χ1) is 11.9. The molecule has 0 atom stereocenters. The van der Waals surface area contributed by atoms with Crippen LogP contribution in [0.2, 0.25) is 0 Å². The van der Waals surface area contributed by atoms with Crippen LogP contribution in [0.3, 0.4) is 0 Å². The van der Waals surface area contributed by atoms with Crippen molar-refractivity contribution in [2.24, 2.45) is 0 Å². The predicted molar refractivity (Wildman–Crippen MR) is 101 cm³/mol. The smallest absolute Gasteiger partial charge is 0.550 e. The van der Waals surface area contributed by atoms with Crippen molar-refractivity contribution in [3.63, 3.8) is 0 Å². The average Bonchev–Trinajstić information content (AvgIpc) is 2.51. The Labute approximate surface area is 197 Å². The molecule has 0 aromatic rings. The van der Waals surface area contributed by atoms with Crippen molar-refractivity contribution in [3.05, 3.63) is 24.3 Å². The fourth-order valence-corrected chi connectivity index (χ4v) is 1.25. The molecule has 0 bridgehead atoms. The molecular formula is C16H18CaO8S2. The van der Waals surface area contributed by atoms with Gasteiger partial charge in [-0.3, -0.25) is 0 Å². The third-order valence-corrected chi connectivity index (χ3v) is 2.75. The van der Waals surface area contributed by atoms with Crippen LogP contribution in [-0.2, 0) is 28.7 Å². The fraction of sp³-hybridized carbons (Fsp3) is 0.375. The zero-order valence-corrected chi connectivity index (χ0v) is 18.9. The Morgan fingerprint density at radius 2 is 1.00 bits per heavy atom. The van der Waals surface area contributed by atoms with Crippen molar-refractivity contribution in [3.8, 4) is 0 Å². The number of carbonyl (C=O) groups excluding carboxylic acids is 4. The van der Waals surface area contributed by atoms with Crippen LogP contribution in [0.1, 0.15) is 39.5 Å². The van der Waals surface area contributed by atoms with Crippen LogP contribution >= 0.6 is 24.4 Å². The van der Waals surface area contributed by atoms with E-state index in [0.717, 1.165) is 0 Å². The molecule has 27 heavy (non-hydrogen) atoms. The van der Waals surface area contributed by atoms with E-state index in [0.29, 0.717) is 0 Å². The second-order valence-corrected chi connectivity index (χ2v) is 5.74. The molecule has 0 saturated heterocycles. The summed E-state index contributed by atoms with van der Waals surface area (Å²) in [6.45, 7) is 9.63. The number of aliphatic carboxylic acids is 2. The standard InChI is InChI=1S/2C8H10O4S.Ca/c2*1-5(2)8(11)12-7(13)4-3-6(9)10;/h2*1,3-4H2,2H3,(H,9,10);/q;;+2/p-2. The molecule has 0 aromatic heterocycles. The van der Waals surface area contributed by atoms with Crippen molar-refractivity contribution >= 4 is 96.2 Å². The summed E-state index contributed by atoms with van der Waals surface area (Å²) in [5, 5.41) is 19.9. The van der Waals surface area contributed by atoms with Crippen molar-refractivity contribution in [1.29, 1.82) is 0 Å². The Hall–Kier alpha value is -1.20. The summed E-state index contributed by atoms with van der Waals surface area (Å²) < 4.78 is 9.13. The van der Waals surface area contributed by atoms with Gasteiger partial charge in [-0.15, -0.1) is 0 Å². The van der Waals surface area contributed by atoms with Crippen molar-refractivity contribution in [2.75, 3.05) is 0 Å². The summed E-state index contributed by atoms with van der Waals surface area (Å²) in [6.07, 6.45) is -0.502. The fourth-order valence-electron chi connectivity index (χ4n) is 0.891. The summed E-state index contributed by atoms with van der Waals surface area (Å²) in [5.74, 6) is -3.73. The number of esters is 2. The maximum absolute atomic E-state index is 10.8. The van der Waals surface area contributed by atoms with Gasteiger partial charge < -0.3 is 29.3 Å². The van der Waals surface area contributed by atoms with E-state index in [4.69, 9.17) is 0 Å². The van der Waals surface area contributed by atoms with Crippen LogP contribution in [0.4, 0.5) is 0 Å². The Morgan fingerprint density at radius 3 is 1.19 bits per heavy atom. The summed E-state index contributed by atoms with van der Waals surface area (Å²) in [4.78, 5) is 41.6. The predicted octanol–water partition coefficient (Wildman–Crippen LogP) is -0.454. The van der Waals surface area contributed by atoms with E-state index in [9.17, 15) is 29.4 Å². The number of thiocarbonyl (C=S) groups is 2. The van der Waals surface area contributed by atoms with Crippen LogP contribution in [-0.4, -0.2) is 71.7 Å². The van der Waals surface area contributed by atoms with Crippen molar-refractivity contribution in [1.82, 2.24) is 0 Å². The van der Waals surface area contributed by atoms with E-state index in [1.807, 2.05) is 0 Å². The van der Waals surface area contributed by atoms with Gasteiger partial charge in [-0.25, -0.2) is 9.59 Å². The summed E-state index contributed by atoms with van der Waals surface area (Å²) in [6, 6.07) is 0. The summed E-state index contributed by atoms with van der Waals surface area (Å²) in [5.41, 5.74) is 0.437. The monoisotopic (exact) mass is 442 g/mol. The van der Waals surface area contributed by atoms with Gasteiger partial charge in [0.25, 0.3) is 0 Å². The second kappa shape index (κ2) is 16.9. The molecule has 0 spiro atoms. The van der Waals surface area contributed by atoms with Gasteiger partial charge in [0.2, 0.25) is 0 Å². The van der Waals surface area contributed by atoms with Crippen LogP contribution in [0, 0.1) is 0 Å². The summed E-state index contributed by atoms with van der Waals surface area (Å²) in [7, 11) is 0. The molecule has 0 unspecified atom stereocenters. The van der Waals surface area contributed by atoms with Gasteiger partial charge in [-0.1, -0.05) is 13.2 Å². The Kier molecular flexibility index (Phi) is 19.1. The third kappa shape index (κ3) is 21.0. The van der Waals surface area contributed by atoms with Gasteiger partial charge in [0.1, 0.15) is 0 Å². The van der Waals surface area contributed by atoms with E-state index >= 15 is 0 Å². The molecule has 0 aliphatic carbocycles. The SMILES string of the molecule is C=C(C)C(=O)OC(=S)CCC(=O)[O-].C=C(C)C(=O)OC(=S)CCC(=O)[O-].[Ca+2]. The Bertz CT molecular complexity index is 574. The molecule has 0 N–H and O–H groups in total.